The van der Waals surface area contributed by atoms with Crippen LogP contribution >= 0.6 is 0 Å². The van der Waals surface area contributed by atoms with Gasteiger partial charge in [-0.25, -0.2) is 0 Å². The Balaban J connectivity index is 1.76. The molecule has 0 spiro atoms. The Morgan fingerprint density at radius 2 is 1.91 bits per heavy atom. The van der Waals surface area contributed by atoms with Crippen molar-refractivity contribution < 1.29 is 0 Å². The zero-order valence-corrected chi connectivity index (χ0v) is 15.2. The SMILES string of the molecule is CN=C(NCC(C)(C)N(C)C)NC1CCN(C2CCCC2)C1. The average molecular weight is 310 g/mol. The van der Waals surface area contributed by atoms with Gasteiger partial charge in [0.25, 0.3) is 0 Å². The normalized spacial score (nSPS) is 25.2. The molecule has 1 heterocycles. The smallest absolute Gasteiger partial charge is 0.191 e. The molecule has 5 heteroatoms. The van der Waals surface area contributed by atoms with Crippen LogP contribution in [-0.2, 0) is 0 Å². The molecule has 1 saturated heterocycles. The van der Waals surface area contributed by atoms with Crippen molar-refractivity contribution in [2.75, 3.05) is 40.8 Å². The van der Waals surface area contributed by atoms with Crippen molar-refractivity contribution in [3.05, 3.63) is 0 Å². The van der Waals surface area contributed by atoms with E-state index < -0.39 is 0 Å². The number of nitrogens with one attached hydrogen (secondary N) is 2. The minimum atomic E-state index is 0.114. The van der Waals surface area contributed by atoms with Crippen LogP contribution < -0.4 is 10.6 Å². The molecular weight excluding hydrogens is 274 g/mol. The van der Waals surface area contributed by atoms with Gasteiger partial charge in [-0.3, -0.25) is 9.89 Å². The summed E-state index contributed by atoms with van der Waals surface area (Å²) < 4.78 is 0. The molecule has 2 rings (SSSR count). The molecule has 22 heavy (non-hydrogen) atoms. The van der Waals surface area contributed by atoms with E-state index >= 15 is 0 Å². The van der Waals surface area contributed by atoms with E-state index in [9.17, 15) is 0 Å². The third kappa shape index (κ3) is 4.59. The van der Waals surface area contributed by atoms with Gasteiger partial charge < -0.3 is 15.5 Å². The lowest BCUT2D eigenvalue weighted by atomic mass is 10.0. The highest BCUT2D eigenvalue weighted by molar-refractivity contribution is 5.80. The summed E-state index contributed by atoms with van der Waals surface area (Å²) in [6.07, 6.45) is 6.87. The van der Waals surface area contributed by atoms with Crippen LogP contribution in [0.1, 0.15) is 46.0 Å². The Morgan fingerprint density at radius 1 is 1.23 bits per heavy atom. The molecule has 128 valence electrons. The van der Waals surface area contributed by atoms with Gasteiger partial charge >= 0.3 is 0 Å². The number of guanidine groups is 1. The van der Waals surface area contributed by atoms with Gasteiger partial charge in [0.15, 0.2) is 5.96 Å². The van der Waals surface area contributed by atoms with Crippen LogP contribution in [0.3, 0.4) is 0 Å². The molecule has 1 atom stereocenters. The van der Waals surface area contributed by atoms with E-state index in [4.69, 9.17) is 0 Å². The molecule has 1 saturated carbocycles. The molecule has 1 aliphatic carbocycles. The van der Waals surface area contributed by atoms with Crippen LogP contribution in [-0.4, -0.2) is 74.2 Å². The number of likely N-dealkylation sites (tertiary alicyclic amines) is 1. The third-order valence-corrected chi connectivity index (χ3v) is 5.52. The summed E-state index contributed by atoms with van der Waals surface area (Å²) >= 11 is 0. The van der Waals surface area contributed by atoms with E-state index in [0.717, 1.165) is 18.5 Å². The topological polar surface area (TPSA) is 42.9 Å². The van der Waals surface area contributed by atoms with Crippen molar-refractivity contribution in [3.63, 3.8) is 0 Å². The van der Waals surface area contributed by atoms with Gasteiger partial charge in [0.05, 0.1) is 0 Å². The van der Waals surface area contributed by atoms with Gasteiger partial charge in [-0.15, -0.1) is 0 Å². The van der Waals surface area contributed by atoms with E-state index in [-0.39, 0.29) is 5.54 Å². The average Bonchev–Trinajstić information content (AvgIpc) is 3.14. The van der Waals surface area contributed by atoms with Crippen LogP contribution in [0.2, 0.25) is 0 Å². The molecule has 1 aliphatic heterocycles. The minimum absolute atomic E-state index is 0.114. The van der Waals surface area contributed by atoms with Crippen molar-refractivity contribution >= 4 is 5.96 Å². The first-order chi connectivity index (χ1) is 10.4. The highest BCUT2D eigenvalue weighted by Crippen LogP contribution is 2.26. The Hall–Kier alpha value is -0.810. The Bertz CT molecular complexity index is 371. The molecule has 0 aromatic heterocycles. The third-order valence-electron chi connectivity index (χ3n) is 5.52. The van der Waals surface area contributed by atoms with Crippen molar-refractivity contribution in [1.29, 1.82) is 0 Å². The first kappa shape index (κ1) is 17.5. The van der Waals surface area contributed by atoms with Gasteiger partial charge in [-0.1, -0.05) is 12.8 Å². The summed E-state index contributed by atoms with van der Waals surface area (Å²) in [5.41, 5.74) is 0.114. The fourth-order valence-electron chi connectivity index (χ4n) is 3.35. The van der Waals surface area contributed by atoms with Crippen LogP contribution in [0.25, 0.3) is 0 Å². The number of hydrogen-bond acceptors (Lipinski definition) is 3. The van der Waals surface area contributed by atoms with Crippen molar-refractivity contribution in [1.82, 2.24) is 20.4 Å². The van der Waals surface area contributed by atoms with Crippen LogP contribution in [0.15, 0.2) is 4.99 Å². The monoisotopic (exact) mass is 309 g/mol. The van der Waals surface area contributed by atoms with Gasteiger partial charge in [0.1, 0.15) is 0 Å². The molecule has 1 unspecified atom stereocenters. The zero-order chi connectivity index (χ0) is 16.2. The molecule has 0 amide bonds. The minimum Gasteiger partial charge on any atom is -0.355 e. The summed E-state index contributed by atoms with van der Waals surface area (Å²) in [6, 6.07) is 1.38. The number of nitrogens with zero attached hydrogens (tertiary/aromatic N) is 3. The summed E-state index contributed by atoms with van der Waals surface area (Å²) in [7, 11) is 6.10. The van der Waals surface area contributed by atoms with E-state index in [0.29, 0.717) is 6.04 Å². The maximum atomic E-state index is 4.39. The summed E-state index contributed by atoms with van der Waals surface area (Å²) in [4.78, 5) is 9.32. The maximum Gasteiger partial charge on any atom is 0.191 e. The highest BCUT2D eigenvalue weighted by atomic mass is 15.3. The molecule has 0 radical (unpaired) electrons. The second kappa shape index (κ2) is 7.64. The van der Waals surface area contributed by atoms with E-state index in [1.807, 2.05) is 7.05 Å². The van der Waals surface area contributed by atoms with Gasteiger partial charge in [0.2, 0.25) is 0 Å². The lowest BCUT2D eigenvalue weighted by Crippen LogP contribution is -2.52. The van der Waals surface area contributed by atoms with Gasteiger partial charge in [-0.2, -0.15) is 0 Å². The Morgan fingerprint density at radius 3 is 2.50 bits per heavy atom. The number of rotatable bonds is 5. The van der Waals surface area contributed by atoms with Crippen LogP contribution in [0, 0.1) is 0 Å². The van der Waals surface area contributed by atoms with E-state index in [2.05, 4.69) is 53.4 Å². The predicted molar refractivity (Wildman–Crippen MR) is 94.5 cm³/mol. The zero-order valence-electron chi connectivity index (χ0n) is 15.2. The van der Waals surface area contributed by atoms with Crippen molar-refractivity contribution in [2.45, 2.75) is 63.6 Å². The second-order valence-electron chi connectivity index (χ2n) is 7.70. The van der Waals surface area contributed by atoms with Crippen molar-refractivity contribution in [2.24, 2.45) is 4.99 Å². The Kier molecular flexibility index (Phi) is 6.09. The number of hydrogen-bond donors (Lipinski definition) is 2. The summed E-state index contributed by atoms with van der Waals surface area (Å²) in [5, 5.41) is 7.09. The standard InChI is InChI=1S/C17H35N5/c1-17(2,21(4)5)13-19-16(18-3)20-14-10-11-22(12-14)15-8-6-7-9-15/h14-15H,6-13H2,1-5H3,(H2,18,19,20). The van der Waals surface area contributed by atoms with Gasteiger partial charge in [-0.05, 0) is 47.2 Å². The maximum absolute atomic E-state index is 4.39. The quantitative estimate of drug-likeness (QED) is 0.597. The Labute approximate surface area is 136 Å². The molecule has 2 N–H and O–H groups in total. The fraction of sp³-hybridized carbons (Fsp3) is 0.941. The molecule has 2 aliphatic rings. The van der Waals surface area contributed by atoms with E-state index in [1.165, 1.54) is 45.2 Å². The number of aliphatic imine (C=N–C) groups is 1. The van der Waals surface area contributed by atoms with E-state index in [1.54, 1.807) is 0 Å². The first-order valence-corrected chi connectivity index (χ1v) is 8.81. The molecular formula is C17H35N5. The molecule has 0 aromatic rings. The first-order valence-electron chi connectivity index (χ1n) is 8.81. The fourth-order valence-corrected chi connectivity index (χ4v) is 3.35. The predicted octanol–water partition coefficient (Wildman–Crippen LogP) is 1.51. The summed E-state index contributed by atoms with van der Waals surface area (Å²) in [6.45, 7) is 7.78. The van der Waals surface area contributed by atoms with Crippen LogP contribution in [0.4, 0.5) is 0 Å². The van der Waals surface area contributed by atoms with Gasteiger partial charge in [0, 0.05) is 44.3 Å². The molecule has 0 aromatic carbocycles. The lowest BCUT2D eigenvalue weighted by molar-refractivity contribution is 0.197. The summed E-state index contributed by atoms with van der Waals surface area (Å²) in [5.74, 6) is 0.938. The largest absolute Gasteiger partial charge is 0.355 e. The highest BCUT2D eigenvalue weighted by Gasteiger charge is 2.30. The second-order valence-corrected chi connectivity index (χ2v) is 7.70. The lowest BCUT2D eigenvalue weighted by Gasteiger charge is -2.33. The number of likely N-dealkylation sites (N-methyl/N-ethyl adjacent to an activating group) is 1. The molecule has 0 bridgehead atoms. The van der Waals surface area contributed by atoms with Crippen LogP contribution in [0.5, 0.6) is 0 Å². The molecule has 5 nitrogen and oxygen atoms in total. The molecule has 2 fully saturated rings. The van der Waals surface area contributed by atoms with Crippen molar-refractivity contribution in [3.8, 4) is 0 Å².